The SMILES string of the molecule is CC(C)(O)c1ncc(S(N)(=O)=NC(=O)Nc2c3c(cc4c2CC4)CCC3)s1.S. The molecule has 4 N–H and O–H groups in total. The second-order valence-electron chi connectivity index (χ2n) is 7.51. The van der Waals surface area contributed by atoms with Crippen LogP contribution in [0.2, 0.25) is 0 Å². The Hall–Kier alpha value is -1.46. The molecule has 1 unspecified atom stereocenters. The van der Waals surface area contributed by atoms with Crippen LogP contribution in [0.25, 0.3) is 0 Å². The van der Waals surface area contributed by atoms with Gasteiger partial charge in [0, 0.05) is 5.69 Å². The van der Waals surface area contributed by atoms with Gasteiger partial charge in [-0.2, -0.15) is 13.5 Å². The summed E-state index contributed by atoms with van der Waals surface area (Å²) in [5, 5.41) is 19.0. The Morgan fingerprint density at radius 1 is 1.29 bits per heavy atom. The highest BCUT2D eigenvalue weighted by molar-refractivity contribution is 7.93. The minimum Gasteiger partial charge on any atom is -0.383 e. The van der Waals surface area contributed by atoms with Crippen LogP contribution in [0, 0.1) is 0 Å². The van der Waals surface area contributed by atoms with Gasteiger partial charge >= 0.3 is 6.03 Å². The van der Waals surface area contributed by atoms with Gasteiger partial charge in [-0.3, -0.25) is 0 Å². The second kappa shape index (κ2) is 7.42. The molecule has 2 amide bonds. The zero-order chi connectivity index (χ0) is 19.4. The number of amides is 2. The molecule has 0 spiro atoms. The molecule has 152 valence electrons. The molecule has 1 aromatic heterocycles. The molecular formula is C18H24N4O3S3. The Bertz CT molecular complexity index is 1060. The standard InChI is InChI=1S/C18H22N4O3S2.H2S/c1-18(2,24)16-20-9-14(26-16)27(19,25)22-17(23)21-15-12-5-3-4-10(12)8-11-6-7-13(11)15;/h8-9,24H,3-7H2,1-2H3,(H3,19,21,22,23,25);1H2. The predicted molar refractivity (Wildman–Crippen MR) is 116 cm³/mol. The average molecular weight is 441 g/mol. The summed E-state index contributed by atoms with van der Waals surface area (Å²) in [5.41, 5.74) is 4.54. The van der Waals surface area contributed by atoms with Crippen LogP contribution in [0.3, 0.4) is 0 Å². The number of nitrogens with two attached hydrogens (primary N) is 1. The zero-order valence-electron chi connectivity index (χ0n) is 15.7. The topological polar surface area (TPSA) is 118 Å². The third-order valence-electron chi connectivity index (χ3n) is 4.99. The summed E-state index contributed by atoms with van der Waals surface area (Å²) < 4.78 is 16.7. The number of hydrogen-bond donors (Lipinski definition) is 3. The molecule has 28 heavy (non-hydrogen) atoms. The normalized spacial score (nSPS) is 16.9. The molecule has 2 aliphatic carbocycles. The molecule has 2 aromatic rings. The summed E-state index contributed by atoms with van der Waals surface area (Å²) in [6.45, 7) is 3.15. The fourth-order valence-electron chi connectivity index (χ4n) is 3.57. The van der Waals surface area contributed by atoms with Gasteiger partial charge in [0.15, 0.2) is 9.92 Å². The Morgan fingerprint density at radius 3 is 2.57 bits per heavy atom. The smallest absolute Gasteiger partial charge is 0.354 e. The highest BCUT2D eigenvalue weighted by Crippen LogP contribution is 2.39. The Morgan fingerprint density at radius 2 is 1.96 bits per heavy atom. The molecule has 10 heteroatoms. The number of urea groups is 1. The number of aliphatic hydroxyl groups is 1. The Balaban J connectivity index is 0.00000225. The number of carbonyl (C=O) groups is 1. The van der Waals surface area contributed by atoms with Crippen LogP contribution < -0.4 is 10.5 Å². The lowest BCUT2D eigenvalue weighted by atomic mass is 9.83. The highest BCUT2D eigenvalue weighted by Gasteiger charge is 2.27. The van der Waals surface area contributed by atoms with E-state index in [1.165, 1.54) is 22.9 Å². The van der Waals surface area contributed by atoms with E-state index in [1.54, 1.807) is 13.8 Å². The van der Waals surface area contributed by atoms with Crippen molar-refractivity contribution >= 4 is 46.5 Å². The number of benzene rings is 1. The monoisotopic (exact) mass is 440 g/mol. The number of rotatable bonds is 3. The van der Waals surface area contributed by atoms with Crippen molar-refractivity contribution in [3.8, 4) is 0 Å². The van der Waals surface area contributed by atoms with Crippen LogP contribution in [-0.2, 0) is 41.2 Å². The van der Waals surface area contributed by atoms with Crippen LogP contribution in [0.5, 0.6) is 0 Å². The van der Waals surface area contributed by atoms with Crippen molar-refractivity contribution in [3.63, 3.8) is 0 Å². The first-order valence-electron chi connectivity index (χ1n) is 8.86. The summed E-state index contributed by atoms with van der Waals surface area (Å²) in [6, 6.07) is 1.53. The van der Waals surface area contributed by atoms with E-state index in [4.69, 9.17) is 5.14 Å². The van der Waals surface area contributed by atoms with E-state index in [9.17, 15) is 14.1 Å². The van der Waals surface area contributed by atoms with Crippen molar-refractivity contribution in [3.05, 3.63) is 39.5 Å². The number of carbonyl (C=O) groups excluding carboxylic acids is 1. The van der Waals surface area contributed by atoms with E-state index in [1.807, 2.05) is 0 Å². The Kier molecular flexibility index (Phi) is 5.63. The number of aromatic nitrogens is 1. The van der Waals surface area contributed by atoms with E-state index in [0.29, 0.717) is 5.01 Å². The third kappa shape index (κ3) is 3.84. The van der Waals surface area contributed by atoms with Gasteiger partial charge in [-0.1, -0.05) is 6.07 Å². The molecule has 0 bridgehead atoms. The molecule has 0 fully saturated rings. The third-order valence-corrected chi connectivity index (χ3v) is 8.18. The second-order valence-corrected chi connectivity index (χ2v) is 10.6. The van der Waals surface area contributed by atoms with E-state index in [0.717, 1.165) is 54.7 Å². The molecule has 0 radical (unpaired) electrons. The van der Waals surface area contributed by atoms with E-state index in [2.05, 4.69) is 20.7 Å². The molecule has 0 saturated heterocycles. The number of nitrogens with zero attached hydrogens (tertiary/aromatic N) is 2. The number of fused-ring (bicyclic) bond motifs is 2. The van der Waals surface area contributed by atoms with Crippen molar-refractivity contribution in [2.24, 2.45) is 9.50 Å². The van der Waals surface area contributed by atoms with Crippen LogP contribution in [0.15, 0.2) is 20.8 Å². The van der Waals surface area contributed by atoms with Gasteiger partial charge in [0.1, 0.15) is 14.8 Å². The molecule has 0 saturated carbocycles. The zero-order valence-corrected chi connectivity index (χ0v) is 18.4. The van der Waals surface area contributed by atoms with Crippen LogP contribution in [-0.4, -0.2) is 20.3 Å². The van der Waals surface area contributed by atoms with Crippen molar-refractivity contribution < 1.29 is 14.1 Å². The predicted octanol–water partition coefficient (Wildman–Crippen LogP) is 3.00. The lowest BCUT2D eigenvalue weighted by Crippen LogP contribution is -2.20. The van der Waals surface area contributed by atoms with Crippen molar-refractivity contribution in [1.82, 2.24) is 4.98 Å². The number of nitrogens with one attached hydrogen (secondary N) is 1. The Labute approximate surface area is 175 Å². The molecule has 4 rings (SSSR count). The lowest BCUT2D eigenvalue weighted by molar-refractivity contribution is 0.0783. The summed E-state index contributed by atoms with van der Waals surface area (Å²) in [4.78, 5) is 16.5. The molecule has 1 heterocycles. The first-order valence-corrected chi connectivity index (χ1v) is 11.3. The minimum atomic E-state index is -3.43. The maximum Gasteiger partial charge on any atom is 0.354 e. The van der Waals surface area contributed by atoms with Gasteiger partial charge in [0.2, 0.25) is 0 Å². The maximum absolute atomic E-state index is 12.8. The van der Waals surface area contributed by atoms with Gasteiger partial charge < -0.3 is 10.4 Å². The molecule has 7 nitrogen and oxygen atoms in total. The van der Waals surface area contributed by atoms with Gasteiger partial charge in [-0.25, -0.2) is 19.1 Å². The molecular weight excluding hydrogens is 416 g/mol. The highest BCUT2D eigenvalue weighted by atomic mass is 32.2. The van der Waals surface area contributed by atoms with Gasteiger partial charge in [0.05, 0.1) is 6.20 Å². The van der Waals surface area contributed by atoms with Gasteiger partial charge in [0.25, 0.3) is 0 Å². The number of anilines is 1. The van der Waals surface area contributed by atoms with Gasteiger partial charge in [-0.05, 0) is 68.2 Å². The molecule has 2 aliphatic rings. The number of thiazole rings is 1. The molecule has 1 aromatic carbocycles. The fraction of sp³-hybridized carbons (Fsp3) is 0.444. The quantitative estimate of drug-likeness (QED) is 0.680. The summed E-state index contributed by atoms with van der Waals surface area (Å²) >= 11 is 0.997. The first-order chi connectivity index (χ1) is 12.6. The van der Waals surface area contributed by atoms with Crippen LogP contribution >= 0.6 is 24.8 Å². The fourth-order valence-corrected chi connectivity index (χ4v) is 5.63. The van der Waals surface area contributed by atoms with E-state index >= 15 is 0 Å². The first kappa shape index (κ1) is 21.3. The summed E-state index contributed by atoms with van der Waals surface area (Å²) in [6.07, 6.45) is 6.30. The number of aryl methyl sites for hydroxylation is 2. The van der Waals surface area contributed by atoms with Crippen molar-refractivity contribution in [1.29, 1.82) is 0 Å². The average Bonchev–Trinajstić information content (AvgIpc) is 3.18. The van der Waals surface area contributed by atoms with Gasteiger partial charge in [-0.15, -0.1) is 15.7 Å². The summed E-state index contributed by atoms with van der Waals surface area (Å²) in [5.74, 6) is 0. The maximum atomic E-state index is 12.8. The largest absolute Gasteiger partial charge is 0.383 e. The molecule has 0 aliphatic heterocycles. The lowest BCUT2D eigenvalue weighted by Gasteiger charge is -2.25. The minimum absolute atomic E-state index is 0. The van der Waals surface area contributed by atoms with Crippen LogP contribution in [0.1, 0.15) is 47.5 Å². The van der Waals surface area contributed by atoms with E-state index < -0.39 is 21.5 Å². The summed E-state index contributed by atoms with van der Waals surface area (Å²) in [7, 11) is -3.43. The molecule has 1 atom stereocenters. The van der Waals surface area contributed by atoms with Crippen molar-refractivity contribution in [2.75, 3.05) is 5.32 Å². The van der Waals surface area contributed by atoms with Crippen molar-refractivity contribution in [2.45, 2.75) is 55.8 Å². The van der Waals surface area contributed by atoms with E-state index in [-0.39, 0.29) is 17.7 Å². The number of hydrogen-bond acceptors (Lipinski definition) is 5. The van der Waals surface area contributed by atoms with Crippen LogP contribution in [0.4, 0.5) is 10.5 Å².